The average Bonchev–Trinajstić information content (AvgIpc) is 3.19. The predicted octanol–water partition coefficient (Wildman–Crippen LogP) is 1.01. The van der Waals surface area contributed by atoms with E-state index in [1.54, 1.807) is 24.4 Å². The van der Waals surface area contributed by atoms with E-state index in [1.165, 1.54) is 10.5 Å². The number of sulfonamides is 1. The lowest BCUT2D eigenvalue weighted by molar-refractivity contribution is -0.123. The number of carbonyl (C=O) groups is 1. The minimum absolute atomic E-state index is 0.0527. The van der Waals surface area contributed by atoms with Gasteiger partial charge in [-0.2, -0.15) is 4.31 Å². The van der Waals surface area contributed by atoms with Crippen LogP contribution in [-0.4, -0.2) is 92.3 Å². The fraction of sp³-hybridized carbons (Fsp3) is 0.500. The van der Waals surface area contributed by atoms with Crippen LogP contribution in [0.5, 0.6) is 0 Å². The number of aromatic nitrogens is 1. The lowest BCUT2D eigenvalue weighted by Gasteiger charge is -2.32. The van der Waals surface area contributed by atoms with Gasteiger partial charge in [0.15, 0.2) is 0 Å². The number of pyridine rings is 1. The molecule has 3 heterocycles. The van der Waals surface area contributed by atoms with Crippen LogP contribution in [0.4, 0.5) is 0 Å². The number of halogens is 1. The first kappa shape index (κ1) is 21.5. The maximum atomic E-state index is 13.3. The van der Waals surface area contributed by atoms with Gasteiger partial charge in [0.1, 0.15) is 0 Å². The van der Waals surface area contributed by atoms with Gasteiger partial charge in [-0.25, -0.2) is 8.42 Å². The molecule has 0 bridgehead atoms. The van der Waals surface area contributed by atoms with Crippen LogP contribution in [0.3, 0.4) is 0 Å². The molecule has 4 rings (SSSR count). The SMILES string of the molecule is CN1CCN(CC(=O)N[C@H]2CCN(S(=O)(=O)c3cccc4cncc(Cl)c34)C2)CC1. The van der Waals surface area contributed by atoms with E-state index in [0.29, 0.717) is 35.3 Å². The van der Waals surface area contributed by atoms with Crippen molar-refractivity contribution in [3.8, 4) is 0 Å². The topological polar surface area (TPSA) is 85.9 Å². The Balaban J connectivity index is 1.42. The summed E-state index contributed by atoms with van der Waals surface area (Å²) < 4.78 is 28.0. The molecular formula is C20H26ClN5O3S. The van der Waals surface area contributed by atoms with Crippen LogP contribution in [-0.2, 0) is 14.8 Å². The highest BCUT2D eigenvalue weighted by Gasteiger charge is 2.34. The maximum absolute atomic E-state index is 13.3. The molecule has 8 nitrogen and oxygen atoms in total. The molecule has 1 aromatic heterocycles. The van der Waals surface area contributed by atoms with Crippen molar-refractivity contribution in [3.63, 3.8) is 0 Å². The molecule has 0 saturated carbocycles. The van der Waals surface area contributed by atoms with Gasteiger partial charge in [0.05, 0.1) is 16.5 Å². The van der Waals surface area contributed by atoms with E-state index < -0.39 is 10.0 Å². The highest BCUT2D eigenvalue weighted by Crippen LogP contribution is 2.32. The molecule has 10 heteroatoms. The fourth-order valence-electron chi connectivity index (χ4n) is 4.06. The van der Waals surface area contributed by atoms with Crippen molar-refractivity contribution in [3.05, 3.63) is 35.6 Å². The van der Waals surface area contributed by atoms with Gasteiger partial charge >= 0.3 is 0 Å². The first-order valence-electron chi connectivity index (χ1n) is 10.1. The summed E-state index contributed by atoms with van der Waals surface area (Å²) in [6.07, 6.45) is 3.65. The van der Waals surface area contributed by atoms with Crippen LogP contribution >= 0.6 is 11.6 Å². The quantitative estimate of drug-likeness (QED) is 0.730. The third-order valence-electron chi connectivity index (χ3n) is 5.80. The number of piperazine rings is 1. The summed E-state index contributed by atoms with van der Waals surface area (Å²) in [5, 5.41) is 4.47. The zero-order valence-corrected chi connectivity index (χ0v) is 18.5. The van der Waals surface area contributed by atoms with Crippen molar-refractivity contribution in [1.29, 1.82) is 0 Å². The van der Waals surface area contributed by atoms with Gasteiger partial charge < -0.3 is 10.2 Å². The fourth-order valence-corrected chi connectivity index (χ4v) is 6.12. The zero-order valence-electron chi connectivity index (χ0n) is 16.9. The highest BCUT2D eigenvalue weighted by molar-refractivity contribution is 7.89. The Hall–Kier alpha value is -1.78. The normalized spacial score (nSPS) is 21.9. The van der Waals surface area contributed by atoms with Gasteiger partial charge in [-0.15, -0.1) is 0 Å². The number of carbonyl (C=O) groups excluding carboxylic acids is 1. The summed E-state index contributed by atoms with van der Waals surface area (Å²) >= 11 is 6.26. The minimum atomic E-state index is -3.74. The van der Waals surface area contributed by atoms with Gasteiger partial charge in [0.25, 0.3) is 0 Å². The Bertz CT molecular complexity index is 1030. The van der Waals surface area contributed by atoms with Crippen LogP contribution < -0.4 is 5.32 Å². The molecule has 1 N–H and O–H groups in total. The monoisotopic (exact) mass is 451 g/mol. The zero-order chi connectivity index (χ0) is 21.3. The number of amides is 1. The summed E-state index contributed by atoms with van der Waals surface area (Å²) in [7, 11) is -1.66. The third kappa shape index (κ3) is 4.45. The van der Waals surface area contributed by atoms with Crippen LogP contribution in [0, 0.1) is 0 Å². The van der Waals surface area contributed by atoms with E-state index in [1.807, 2.05) is 0 Å². The molecule has 0 aliphatic carbocycles. The van der Waals surface area contributed by atoms with Gasteiger partial charge in [-0.3, -0.25) is 14.7 Å². The van der Waals surface area contributed by atoms with Crippen molar-refractivity contribution in [1.82, 2.24) is 24.4 Å². The number of rotatable bonds is 5. The van der Waals surface area contributed by atoms with E-state index in [-0.39, 0.29) is 23.4 Å². The van der Waals surface area contributed by atoms with Crippen molar-refractivity contribution >= 4 is 38.3 Å². The first-order valence-corrected chi connectivity index (χ1v) is 11.9. The molecule has 30 heavy (non-hydrogen) atoms. The summed E-state index contributed by atoms with van der Waals surface area (Å²) in [4.78, 5) is 21.0. The average molecular weight is 452 g/mol. The molecule has 1 atom stereocenters. The number of likely N-dealkylation sites (N-methyl/N-ethyl adjacent to an activating group) is 1. The lowest BCUT2D eigenvalue weighted by atomic mass is 10.2. The van der Waals surface area contributed by atoms with Crippen LogP contribution in [0.25, 0.3) is 10.8 Å². The van der Waals surface area contributed by atoms with Crippen LogP contribution in [0.1, 0.15) is 6.42 Å². The van der Waals surface area contributed by atoms with Gasteiger partial charge in [0.2, 0.25) is 15.9 Å². The molecule has 162 valence electrons. The number of fused-ring (bicyclic) bond motifs is 1. The number of nitrogens with one attached hydrogen (secondary N) is 1. The van der Waals surface area contributed by atoms with Gasteiger partial charge in [-0.05, 0) is 19.5 Å². The Morgan fingerprint density at radius 3 is 2.73 bits per heavy atom. The standard InChI is InChI=1S/C20H26ClN5O3S/c1-24-7-9-25(10-8-24)14-19(27)23-16-5-6-26(13-16)30(28,29)18-4-2-3-15-11-22-12-17(21)20(15)18/h2-4,11-12,16H,5-10,13-14H2,1H3,(H,23,27)/t16-/m0/s1. The first-order chi connectivity index (χ1) is 14.3. The predicted molar refractivity (Wildman–Crippen MR) is 116 cm³/mol. The van der Waals surface area contributed by atoms with E-state index >= 15 is 0 Å². The van der Waals surface area contributed by atoms with Crippen molar-refractivity contribution in [2.75, 3.05) is 52.9 Å². The molecule has 2 aromatic rings. The number of hydrogen-bond acceptors (Lipinski definition) is 6. The molecule has 2 aliphatic heterocycles. The van der Waals surface area contributed by atoms with E-state index in [2.05, 4.69) is 27.1 Å². The maximum Gasteiger partial charge on any atom is 0.243 e. The highest BCUT2D eigenvalue weighted by atomic mass is 35.5. The third-order valence-corrected chi connectivity index (χ3v) is 7.99. The molecular weight excluding hydrogens is 426 g/mol. The summed E-state index contributed by atoms with van der Waals surface area (Å²) in [5.74, 6) is -0.0527. The molecule has 2 aliphatic rings. The summed E-state index contributed by atoms with van der Waals surface area (Å²) in [5.41, 5.74) is 0. The van der Waals surface area contributed by atoms with Crippen LogP contribution in [0.15, 0.2) is 35.5 Å². The largest absolute Gasteiger partial charge is 0.351 e. The molecule has 2 saturated heterocycles. The molecule has 0 radical (unpaired) electrons. The summed E-state index contributed by atoms with van der Waals surface area (Å²) in [6.45, 7) is 4.61. The Labute approximate surface area is 181 Å². The van der Waals surface area contributed by atoms with Crippen molar-refractivity contribution in [2.24, 2.45) is 0 Å². The minimum Gasteiger partial charge on any atom is -0.351 e. The lowest BCUT2D eigenvalue weighted by Crippen LogP contribution is -2.49. The number of nitrogens with zero attached hydrogens (tertiary/aromatic N) is 4. The molecule has 0 unspecified atom stereocenters. The van der Waals surface area contributed by atoms with Crippen LogP contribution in [0.2, 0.25) is 5.02 Å². The Morgan fingerprint density at radius 1 is 1.20 bits per heavy atom. The number of hydrogen-bond donors (Lipinski definition) is 1. The van der Waals surface area contributed by atoms with Crippen molar-refractivity contribution < 1.29 is 13.2 Å². The van der Waals surface area contributed by atoms with Gasteiger partial charge in [0, 0.05) is 68.5 Å². The second kappa shape index (κ2) is 8.76. The van der Waals surface area contributed by atoms with E-state index in [0.717, 1.165) is 26.2 Å². The van der Waals surface area contributed by atoms with Crippen molar-refractivity contribution in [2.45, 2.75) is 17.4 Å². The van der Waals surface area contributed by atoms with Gasteiger partial charge in [-0.1, -0.05) is 23.7 Å². The molecule has 1 amide bonds. The van der Waals surface area contributed by atoms with E-state index in [9.17, 15) is 13.2 Å². The van der Waals surface area contributed by atoms with E-state index in [4.69, 9.17) is 11.6 Å². The second-order valence-electron chi connectivity index (χ2n) is 7.97. The molecule has 1 aromatic carbocycles. The Kier molecular flexibility index (Phi) is 6.26. The second-order valence-corrected chi connectivity index (χ2v) is 10.3. The molecule has 0 spiro atoms. The summed E-state index contributed by atoms with van der Waals surface area (Å²) in [6, 6.07) is 4.87. The smallest absolute Gasteiger partial charge is 0.243 e. The Morgan fingerprint density at radius 2 is 1.97 bits per heavy atom. The number of benzene rings is 1. The molecule has 2 fully saturated rings.